The number of nitrogens with zero attached hydrogens (tertiary/aromatic N) is 5. The molecule has 1 aromatic heterocycles. The van der Waals surface area contributed by atoms with E-state index in [4.69, 9.17) is 0 Å². The predicted octanol–water partition coefficient (Wildman–Crippen LogP) is 2.40. The summed E-state index contributed by atoms with van der Waals surface area (Å²) in [6, 6.07) is 9.72. The van der Waals surface area contributed by atoms with Crippen molar-refractivity contribution in [1.29, 1.82) is 0 Å². The number of hydrogen-bond donors (Lipinski definition) is 1. The van der Waals surface area contributed by atoms with Gasteiger partial charge in [0.1, 0.15) is 5.56 Å². The smallest absolute Gasteiger partial charge is 0.284 e. The van der Waals surface area contributed by atoms with E-state index in [1.807, 2.05) is 0 Å². The van der Waals surface area contributed by atoms with Gasteiger partial charge in [0.2, 0.25) is 0 Å². The van der Waals surface area contributed by atoms with Gasteiger partial charge in [0.15, 0.2) is 11.6 Å². The molecule has 9 heteroatoms. The molecule has 2 aliphatic rings. The summed E-state index contributed by atoms with van der Waals surface area (Å²) in [4.78, 5) is 35.5. The van der Waals surface area contributed by atoms with Crippen molar-refractivity contribution in [2.24, 2.45) is 0 Å². The van der Waals surface area contributed by atoms with Gasteiger partial charge in [-0.1, -0.05) is 12.1 Å². The Kier molecular flexibility index (Phi) is 3.96. The van der Waals surface area contributed by atoms with Crippen LogP contribution >= 0.6 is 0 Å². The zero-order valence-corrected chi connectivity index (χ0v) is 14.3. The van der Waals surface area contributed by atoms with Crippen molar-refractivity contribution < 1.29 is 4.92 Å². The number of nitrogens with one attached hydrogen (secondary N) is 1. The van der Waals surface area contributed by atoms with Crippen molar-refractivity contribution in [3.05, 3.63) is 80.5 Å². The van der Waals surface area contributed by atoms with Crippen molar-refractivity contribution in [1.82, 2.24) is 24.7 Å². The minimum Gasteiger partial charge on any atom is -0.300 e. The molecule has 0 radical (unpaired) electrons. The second-order valence-electron chi connectivity index (χ2n) is 6.03. The molecule has 2 aromatic rings. The number of benzene rings is 1. The van der Waals surface area contributed by atoms with Gasteiger partial charge in [-0.2, -0.15) is 4.98 Å². The monoisotopic (exact) mass is 362 g/mol. The average Bonchev–Trinajstić information content (AvgIpc) is 2.99. The van der Waals surface area contributed by atoms with Crippen molar-refractivity contribution >= 4 is 5.69 Å². The highest BCUT2D eigenvalue weighted by atomic mass is 16.6. The Labute approximate surface area is 152 Å². The first-order chi connectivity index (χ1) is 13.0. The van der Waals surface area contributed by atoms with E-state index in [2.05, 4.69) is 20.1 Å². The largest absolute Gasteiger partial charge is 0.300 e. The van der Waals surface area contributed by atoms with Crippen molar-refractivity contribution in [3.63, 3.8) is 0 Å². The molecular formula is C18H14N6O3. The number of pyridine rings is 1. The minimum absolute atomic E-state index is 0.0282. The topological polar surface area (TPSA) is 120 Å². The maximum absolute atomic E-state index is 12.5. The molecular weight excluding hydrogens is 348 g/mol. The quantitative estimate of drug-likeness (QED) is 0.440. The third-order valence-electron chi connectivity index (χ3n) is 4.22. The standard InChI is InChI=1S/C18H14N6O3/c1-11-15-17(20-16(21-18(15)25)13-6-8-19-9-7-13)23(22-11)10-12-2-4-14(5-3-12)24(26)27/h2-9,22H,10H2,1H3. The number of non-ortho nitro benzene ring substituents is 1. The second-order valence-corrected chi connectivity index (χ2v) is 6.03. The lowest BCUT2D eigenvalue weighted by molar-refractivity contribution is -0.384. The molecule has 0 unspecified atom stereocenters. The molecule has 3 heterocycles. The van der Waals surface area contributed by atoms with Crippen molar-refractivity contribution in [3.8, 4) is 22.8 Å². The van der Waals surface area contributed by atoms with Gasteiger partial charge in [0.05, 0.1) is 11.5 Å². The fourth-order valence-electron chi connectivity index (χ4n) is 2.91. The van der Waals surface area contributed by atoms with Gasteiger partial charge in [-0.25, -0.2) is 4.98 Å². The van der Waals surface area contributed by atoms with E-state index in [-0.39, 0.29) is 11.2 Å². The number of aromatic amines is 1. The van der Waals surface area contributed by atoms with Crippen LogP contribution in [-0.2, 0) is 6.54 Å². The molecule has 0 atom stereocenters. The maximum Gasteiger partial charge on any atom is 0.284 e. The number of hydrogen-bond acceptors (Lipinski definition) is 6. The first kappa shape index (κ1) is 16.6. The molecule has 1 N–H and O–H groups in total. The first-order valence-corrected chi connectivity index (χ1v) is 8.14. The molecule has 2 aliphatic heterocycles. The summed E-state index contributed by atoms with van der Waals surface area (Å²) in [7, 11) is 0. The summed E-state index contributed by atoms with van der Waals surface area (Å²) in [5.74, 6) is 0.809. The van der Waals surface area contributed by atoms with Crippen LogP contribution in [0.25, 0.3) is 22.8 Å². The van der Waals surface area contributed by atoms with Crippen LogP contribution in [0.2, 0.25) is 0 Å². The van der Waals surface area contributed by atoms with Crippen molar-refractivity contribution in [2.45, 2.75) is 13.5 Å². The molecule has 0 saturated heterocycles. The molecule has 27 heavy (non-hydrogen) atoms. The molecule has 0 saturated carbocycles. The Morgan fingerprint density at radius 2 is 1.81 bits per heavy atom. The molecule has 0 spiro atoms. The molecule has 0 aliphatic carbocycles. The number of aryl methyl sites for hydroxylation is 1. The summed E-state index contributed by atoms with van der Waals surface area (Å²) < 4.78 is 1.74. The van der Waals surface area contributed by atoms with E-state index >= 15 is 0 Å². The molecule has 0 amide bonds. The zero-order valence-electron chi connectivity index (χ0n) is 14.3. The number of nitro groups is 1. The fourth-order valence-corrected chi connectivity index (χ4v) is 2.91. The molecule has 4 rings (SSSR count). The van der Waals surface area contributed by atoms with Crippen LogP contribution in [0.3, 0.4) is 0 Å². The highest BCUT2D eigenvalue weighted by Gasteiger charge is 2.21. The Hall–Kier alpha value is -3.88. The number of H-pyrrole nitrogens is 1. The Morgan fingerprint density at radius 1 is 1.11 bits per heavy atom. The number of fused-ring (bicyclic) bond motifs is 1. The van der Waals surface area contributed by atoms with Crippen LogP contribution in [0.4, 0.5) is 5.69 Å². The summed E-state index contributed by atoms with van der Waals surface area (Å²) in [6.07, 6.45) is 3.22. The van der Waals surface area contributed by atoms with E-state index in [1.165, 1.54) is 12.1 Å². The predicted molar refractivity (Wildman–Crippen MR) is 97.4 cm³/mol. The molecule has 134 valence electrons. The van der Waals surface area contributed by atoms with Crippen LogP contribution < -0.4 is 5.56 Å². The lowest BCUT2D eigenvalue weighted by Gasteiger charge is -2.08. The van der Waals surface area contributed by atoms with Crippen LogP contribution in [-0.4, -0.2) is 29.7 Å². The minimum atomic E-state index is -0.441. The lowest BCUT2D eigenvalue weighted by atomic mass is 10.2. The third kappa shape index (κ3) is 3.06. The number of nitro benzene ring substituents is 1. The van der Waals surface area contributed by atoms with Gasteiger partial charge >= 0.3 is 0 Å². The third-order valence-corrected chi connectivity index (χ3v) is 4.22. The van der Waals surface area contributed by atoms with Crippen LogP contribution in [0, 0.1) is 17.0 Å². The molecule has 0 bridgehead atoms. The second kappa shape index (κ2) is 6.45. The van der Waals surface area contributed by atoms with Gasteiger partial charge in [-0.15, -0.1) is 0 Å². The number of rotatable bonds is 4. The van der Waals surface area contributed by atoms with E-state index in [0.29, 0.717) is 35.0 Å². The molecule has 0 fully saturated rings. The van der Waals surface area contributed by atoms with Crippen LogP contribution in [0.15, 0.2) is 53.6 Å². The van der Waals surface area contributed by atoms with Gasteiger partial charge in [-0.3, -0.25) is 24.6 Å². The zero-order chi connectivity index (χ0) is 19.0. The van der Waals surface area contributed by atoms with E-state index in [0.717, 1.165) is 5.56 Å². The number of aromatic nitrogens is 5. The first-order valence-electron chi connectivity index (χ1n) is 8.14. The van der Waals surface area contributed by atoms with Crippen LogP contribution in [0.1, 0.15) is 11.3 Å². The van der Waals surface area contributed by atoms with Gasteiger partial charge in [0, 0.05) is 35.8 Å². The van der Waals surface area contributed by atoms with Gasteiger partial charge < -0.3 is 5.10 Å². The lowest BCUT2D eigenvalue weighted by Crippen LogP contribution is -2.15. The fraction of sp³-hybridized carbons (Fsp3) is 0.111. The van der Waals surface area contributed by atoms with E-state index in [9.17, 15) is 14.9 Å². The molecule has 1 aromatic carbocycles. The van der Waals surface area contributed by atoms with Gasteiger partial charge in [-0.05, 0) is 24.6 Å². The summed E-state index contributed by atoms with van der Waals surface area (Å²) in [6.45, 7) is 2.17. The molecule has 9 nitrogen and oxygen atoms in total. The summed E-state index contributed by atoms with van der Waals surface area (Å²) >= 11 is 0. The average molecular weight is 362 g/mol. The van der Waals surface area contributed by atoms with E-state index < -0.39 is 4.92 Å². The van der Waals surface area contributed by atoms with Crippen molar-refractivity contribution in [2.75, 3.05) is 0 Å². The Balaban J connectivity index is 1.78. The summed E-state index contributed by atoms with van der Waals surface area (Å²) in [5.41, 5.74) is 2.30. The van der Waals surface area contributed by atoms with E-state index in [1.54, 1.807) is 48.3 Å². The SMILES string of the molecule is Cc1[nH]n(Cc2ccc([N+](=O)[O-])cc2)c2nc(-c3ccncc3)nc(=O)c1-2. The normalized spacial score (nSPS) is 11.0. The van der Waals surface area contributed by atoms with Crippen LogP contribution in [0.5, 0.6) is 0 Å². The summed E-state index contributed by atoms with van der Waals surface area (Å²) in [5, 5.41) is 13.9. The highest BCUT2D eigenvalue weighted by molar-refractivity contribution is 5.64. The maximum atomic E-state index is 12.5. The van der Waals surface area contributed by atoms with Gasteiger partial charge in [0.25, 0.3) is 11.2 Å². The Morgan fingerprint density at radius 3 is 2.48 bits per heavy atom. The Bertz CT molecular complexity index is 1150. The highest BCUT2D eigenvalue weighted by Crippen LogP contribution is 2.23.